The van der Waals surface area contributed by atoms with Crippen LogP contribution in [0.3, 0.4) is 0 Å². The van der Waals surface area contributed by atoms with Crippen LogP contribution in [0.4, 0.5) is 0 Å². The highest BCUT2D eigenvalue weighted by atomic mass is 16.3. The second kappa shape index (κ2) is 5.62. The summed E-state index contributed by atoms with van der Waals surface area (Å²) in [6.45, 7) is 0. The molecule has 3 aromatic rings. The third-order valence-corrected chi connectivity index (χ3v) is 3.41. The van der Waals surface area contributed by atoms with Gasteiger partial charge in [0, 0.05) is 0 Å². The molecule has 0 aliphatic heterocycles. The third-order valence-electron chi connectivity index (χ3n) is 3.41. The van der Waals surface area contributed by atoms with Crippen molar-refractivity contribution < 1.29 is 5.11 Å². The van der Waals surface area contributed by atoms with E-state index in [4.69, 9.17) is 0 Å². The van der Waals surface area contributed by atoms with Crippen LogP contribution < -0.4 is 0 Å². The standard InChI is InChI=1S/C19H16O/c20-18-11-6-10-17(14-18)19-12-5-4-9-16(19)13-15-7-2-1-3-8-15/h1-12,14,20H,13H2. The molecule has 0 heterocycles. The van der Waals surface area contributed by atoms with E-state index < -0.39 is 0 Å². The van der Waals surface area contributed by atoms with Crippen molar-refractivity contribution in [2.45, 2.75) is 6.42 Å². The van der Waals surface area contributed by atoms with E-state index in [2.05, 4.69) is 42.5 Å². The molecule has 98 valence electrons. The van der Waals surface area contributed by atoms with E-state index in [1.165, 1.54) is 16.7 Å². The van der Waals surface area contributed by atoms with Gasteiger partial charge in [-0.05, 0) is 40.8 Å². The average Bonchev–Trinajstić information content (AvgIpc) is 2.49. The zero-order valence-corrected chi connectivity index (χ0v) is 11.2. The predicted octanol–water partition coefficient (Wildman–Crippen LogP) is 4.65. The highest BCUT2D eigenvalue weighted by Crippen LogP contribution is 2.27. The minimum absolute atomic E-state index is 0.303. The molecule has 0 spiro atoms. The molecule has 0 bridgehead atoms. The maximum atomic E-state index is 9.66. The molecule has 0 radical (unpaired) electrons. The average molecular weight is 260 g/mol. The number of phenolic OH excluding ortho intramolecular Hbond substituents is 1. The number of rotatable bonds is 3. The smallest absolute Gasteiger partial charge is 0.116 e. The van der Waals surface area contributed by atoms with Gasteiger partial charge in [-0.1, -0.05) is 66.7 Å². The lowest BCUT2D eigenvalue weighted by Crippen LogP contribution is -1.91. The van der Waals surface area contributed by atoms with Crippen molar-refractivity contribution in [1.82, 2.24) is 0 Å². The van der Waals surface area contributed by atoms with Gasteiger partial charge < -0.3 is 5.11 Å². The fourth-order valence-electron chi connectivity index (χ4n) is 2.45. The Balaban J connectivity index is 2.00. The summed E-state index contributed by atoms with van der Waals surface area (Å²) in [7, 11) is 0. The Morgan fingerprint density at radius 1 is 0.700 bits per heavy atom. The Morgan fingerprint density at radius 2 is 1.45 bits per heavy atom. The molecule has 1 nitrogen and oxygen atoms in total. The van der Waals surface area contributed by atoms with Crippen LogP contribution in [0, 0.1) is 0 Å². The van der Waals surface area contributed by atoms with Gasteiger partial charge in [-0.15, -0.1) is 0 Å². The second-order valence-corrected chi connectivity index (χ2v) is 4.87. The Morgan fingerprint density at radius 3 is 2.25 bits per heavy atom. The van der Waals surface area contributed by atoms with Crippen LogP contribution >= 0.6 is 0 Å². The van der Waals surface area contributed by atoms with E-state index in [9.17, 15) is 5.11 Å². The highest BCUT2D eigenvalue weighted by Gasteiger charge is 2.05. The van der Waals surface area contributed by atoms with Gasteiger partial charge in [-0.25, -0.2) is 0 Å². The normalized spacial score (nSPS) is 10.4. The predicted molar refractivity (Wildman–Crippen MR) is 82.8 cm³/mol. The molecule has 0 fully saturated rings. The van der Waals surface area contributed by atoms with Crippen LogP contribution in [-0.4, -0.2) is 5.11 Å². The molecule has 3 rings (SSSR count). The summed E-state index contributed by atoms with van der Waals surface area (Å²) in [4.78, 5) is 0. The van der Waals surface area contributed by atoms with Crippen LogP contribution in [-0.2, 0) is 6.42 Å². The number of phenols is 1. The fraction of sp³-hybridized carbons (Fsp3) is 0.0526. The van der Waals surface area contributed by atoms with Crippen LogP contribution in [0.15, 0.2) is 78.9 Å². The van der Waals surface area contributed by atoms with Crippen molar-refractivity contribution in [3.63, 3.8) is 0 Å². The Kier molecular flexibility index (Phi) is 3.51. The van der Waals surface area contributed by atoms with Gasteiger partial charge in [-0.3, -0.25) is 0 Å². The molecule has 20 heavy (non-hydrogen) atoms. The lowest BCUT2D eigenvalue weighted by molar-refractivity contribution is 0.475. The van der Waals surface area contributed by atoms with Crippen LogP contribution in [0.5, 0.6) is 5.75 Å². The monoisotopic (exact) mass is 260 g/mol. The van der Waals surface area contributed by atoms with Gasteiger partial charge >= 0.3 is 0 Å². The molecule has 0 saturated heterocycles. The van der Waals surface area contributed by atoms with Crippen LogP contribution in [0.2, 0.25) is 0 Å². The molecule has 0 saturated carbocycles. The van der Waals surface area contributed by atoms with Crippen molar-refractivity contribution in [3.05, 3.63) is 90.0 Å². The highest BCUT2D eigenvalue weighted by molar-refractivity contribution is 5.69. The van der Waals surface area contributed by atoms with E-state index >= 15 is 0 Å². The number of benzene rings is 3. The Labute approximate surface area is 119 Å². The summed E-state index contributed by atoms with van der Waals surface area (Å²) >= 11 is 0. The maximum absolute atomic E-state index is 9.66. The fourth-order valence-corrected chi connectivity index (χ4v) is 2.45. The summed E-state index contributed by atoms with van der Waals surface area (Å²) < 4.78 is 0. The first kappa shape index (κ1) is 12.5. The van der Waals surface area contributed by atoms with Crippen molar-refractivity contribution >= 4 is 0 Å². The Bertz CT molecular complexity index is 702. The molecule has 0 unspecified atom stereocenters. The van der Waals surface area contributed by atoms with E-state index in [-0.39, 0.29) is 0 Å². The molecular formula is C19H16O. The molecule has 1 N–H and O–H groups in total. The van der Waals surface area contributed by atoms with Gasteiger partial charge in [0.15, 0.2) is 0 Å². The summed E-state index contributed by atoms with van der Waals surface area (Å²) in [6.07, 6.45) is 0.896. The number of aromatic hydroxyl groups is 1. The molecule has 1 heteroatoms. The van der Waals surface area contributed by atoms with Crippen molar-refractivity contribution in [2.24, 2.45) is 0 Å². The summed E-state index contributed by atoms with van der Waals surface area (Å²) in [5, 5.41) is 9.66. The molecule has 0 amide bonds. The van der Waals surface area contributed by atoms with E-state index in [0.29, 0.717) is 5.75 Å². The first-order chi connectivity index (χ1) is 9.83. The third kappa shape index (κ3) is 2.72. The zero-order chi connectivity index (χ0) is 13.8. The lowest BCUT2D eigenvalue weighted by Gasteiger charge is -2.10. The molecular weight excluding hydrogens is 244 g/mol. The first-order valence-electron chi connectivity index (χ1n) is 6.74. The van der Waals surface area contributed by atoms with Gasteiger partial charge in [0.2, 0.25) is 0 Å². The van der Waals surface area contributed by atoms with Crippen molar-refractivity contribution in [2.75, 3.05) is 0 Å². The van der Waals surface area contributed by atoms with E-state index in [1.54, 1.807) is 6.07 Å². The molecule has 0 aliphatic rings. The van der Waals surface area contributed by atoms with Gasteiger partial charge in [-0.2, -0.15) is 0 Å². The topological polar surface area (TPSA) is 20.2 Å². The zero-order valence-electron chi connectivity index (χ0n) is 11.2. The molecule has 0 aromatic heterocycles. The largest absolute Gasteiger partial charge is 0.508 e. The lowest BCUT2D eigenvalue weighted by atomic mass is 9.95. The number of hydrogen-bond donors (Lipinski definition) is 1. The van der Waals surface area contributed by atoms with Crippen molar-refractivity contribution in [3.8, 4) is 16.9 Å². The van der Waals surface area contributed by atoms with Gasteiger partial charge in [0.25, 0.3) is 0 Å². The maximum Gasteiger partial charge on any atom is 0.116 e. The van der Waals surface area contributed by atoms with Crippen LogP contribution in [0.25, 0.3) is 11.1 Å². The van der Waals surface area contributed by atoms with Gasteiger partial charge in [0.1, 0.15) is 5.75 Å². The summed E-state index contributed by atoms with van der Waals surface area (Å²) in [6, 6.07) is 26.2. The molecule has 0 aliphatic carbocycles. The second-order valence-electron chi connectivity index (χ2n) is 4.87. The van der Waals surface area contributed by atoms with Crippen LogP contribution in [0.1, 0.15) is 11.1 Å². The van der Waals surface area contributed by atoms with E-state index in [1.807, 2.05) is 30.3 Å². The molecule has 3 aromatic carbocycles. The van der Waals surface area contributed by atoms with Crippen molar-refractivity contribution in [1.29, 1.82) is 0 Å². The minimum Gasteiger partial charge on any atom is -0.508 e. The quantitative estimate of drug-likeness (QED) is 0.726. The summed E-state index contributed by atoms with van der Waals surface area (Å²) in [5.74, 6) is 0.303. The SMILES string of the molecule is Oc1cccc(-c2ccccc2Cc2ccccc2)c1. The van der Waals surface area contributed by atoms with Gasteiger partial charge in [0.05, 0.1) is 0 Å². The first-order valence-corrected chi connectivity index (χ1v) is 6.74. The van der Waals surface area contributed by atoms with E-state index in [0.717, 1.165) is 12.0 Å². The summed E-state index contributed by atoms with van der Waals surface area (Å²) in [5.41, 5.74) is 4.79. The molecule has 0 atom stereocenters. The number of hydrogen-bond acceptors (Lipinski definition) is 1. The minimum atomic E-state index is 0.303. The Hall–Kier alpha value is -2.54.